The second-order valence-electron chi connectivity index (χ2n) is 4.17. The first-order valence-corrected chi connectivity index (χ1v) is 7.14. The van der Waals surface area contributed by atoms with Crippen molar-refractivity contribution in [1.82, 2.24) is 14.8 Å². The molecule has 0 N–H and O–H groups in total. The quantitative estimate of drug-likeness (QED) is 0.799. The number of alkyl halides is 1. The molecule has 6 heteroatoms. The van der Waals surface area contributed by atoms with Crippen LogP contribution in [0.2, 0.25) is 5.15 Å². The average Bonchev–Trinajstić information content (AvgIpc) is 2.86. The summed E-state index contributed by atoms with van der Waals surface area (Å²) < 4.78 is 1.67. The van der Waals surface area contributed by atoms with Crippen LogP contribution in [0.15, 0.2) is 11.6 Å². The van der Waals surface area contributed by atoms with Crippen LogP contribution in [0.1, 0.15) is 25.1 Å². The van der Waals surface area contributed by atoms with E-state index in [2.05, 4.69) is 23.9 Å². The molecule has 0 radical (unpaired) electrons. The van der Waals surface area contributed by atoms with E-state index < -0.39 is 0 Å². The molecule has 0 spiro atoms. The van der Waals surface area contributed by atoms with Crippen LogP contribution >= 0.6 is 34.5 Å². The fraction of sp³-hybridized carbons (Fsp3) is 0.455. The van der Waals surface area contributed by atoms with E-state index in [4.69, 9.17) is 23.2 Å². The molecule has 0 saturated heterocycles. The molecule has 0 aromatic carbocycles. The van der Waals surface area contributed by atoms with Gasteiger partial charge in [-0.05, 0) is 12.3 Å². The van der Waals surface area contributed by atoms with Gasteiger partial charge in [0.2, 0.25) is 5.13 Å². The first-order chi connectivity index (χ1) is 8.13. The SMILES string of the molecule is CC(C)Cc1nn(-c2nccs2)c(Cl)c1CCl. The van der Waals surface area contributed by atoms with E-state index in [1.54, 1.807) is 10.9 Å². The zero-order chi connectivity index (χ0) is 12.4. The molecule has 0 atom stereocenters. The minimum atomic E-state index is 0.381. The van der Waals surface area contributed by atoms with Gasteiger partial charge < -0.3 is 0 Å². The Labute approximate surface area is 114 Å². The van der Waals surface area contributed by atoms with E-state index in [-0.39, 0.29) is 0 Å². The Morgan fingerprint density at radius 3 is 2.76 bits per heavy atom. The Hall–Kier alpha value is -0.580. The van der Waals surface area contributed by atoms with Gasteiger partial charge in [-0.25, -0.2) is 4.98 Å². The lowest BCUT2D eigenvalue weighted by atomic mass is 10.1. The van der Waals surface area contributed by atoms with E-state index >= 15 is 0 Å². The number of thiazole rings is 1. The molecule has 2 rings (SSSR count). The summed E-state index contributed by atoms with van der Waals surface area (Å²) in [7, 11) is 0. The maximum Gasteiger partial charge on any atom is 0.211 e. The highest BCUT2D eigenvalue weighted by molar-refractivity contribution is 7.12. The second-order valence-corrected chi connectivity index (χ2v) is 5.67. The van der Waals surface area contributed by atoms with Gasteiger partial charge in [-0.1, -0.05) is 25.4 Å². The number of aromatic nitrogens is 3. The molecule has 0 aliphatic rings. The van der Waals surface area contributed by atoms with Gasteiger partial charge in [0.1, 0.15) is 5.15 Å². The van der Waals surface area contributed by atoms with Gasteiger partial charge in [0.15, 0.2) is 0 Å². The maximum absolute atomic E-state index is 6.29. The molecule has 2 heterocycles. The third-order valence-electron chi connectivity index (χ3n) is 2.34. The standard InChI is InChI=1S/C11H13Cl2N3S/c1-7(2)5-9-8(6-12)10(13)16(15-9)11-14-3-4-17-11/h3-4,7H,5-6H2,1-2H3. The van der Waals surface area contributed by atoms with Gasteiger partial charge in [0.25, 0.3) is 0 Å². The third kappa shape index (κ3) is 2.64. The smallest absolute Gasteiger partial charge is 0.211 e. The Morgan fingerprint density at radius 2 is 2.24 bits per heavy atom. The van der Waals surface area contributed by atoms with Gasteiger partial charge in [0, 0.05) is 17.1 Å². The van der Waals surface area contributed by atoms with E-state index in [1.807, 2.05) is 5.38 Å². The van der Waals surface area contributed by atoms with Crippen LogP contribution < -0.4 is 0 Å². The predicted octanol–water partition coefficient (Wildman–Crippen LogP) is 3.92. The van der Waals surface area contributed by atoms with Crippen molar-refractivity contribution in [2.45, 2.75) is 26.1 Å². The minimum absolute atomic E-state index is 0.381. The second kappa shape index (κ2) is 5.38. The summed E-state index contributed by atoms with van der Waals surface area (Å²) in [6, 6.07) is 0. The average molecular weight is 290 g/mol. The summed E-state index contributed by atoms with van der Waals surface area (Å²) in [6.07, 6.45) is 2.61. The highest BCUT2D eigenvalue weighted by Crippen LogP contribution is 2.27. The maximum atomic E-state index is 6.29. The summed E-state index contributed by atoms with van der Waals surface area (Å²) in [5.74, 6) is 0.902. The van der Waals surface area contributed by atoms with Crippen LogP contribution in [0.4, 0.5) is 0 Å². The van der Waals surface area contributed by atoms with Gasteiger partial charge >= 0.3 is 0 Å². The molecule has 0 fully saturated rings. The molecule has 0 bridgehead atoms. The van der Waals surface area contributed by atoms with E-state index in [0.29, 0.717) is 17.0 Å². The molecule has 0 saturated carbocycles. The van der Waals surface area contributed by atoms with Gasteiger partial charge in [-0.3, -0.25) is 0 Å². The van der Waals surface area contributed by atoms with Crippen LogP contribution in [0.3, 0.4) is 0 Å². The van der Waals surface area contributed by atoms with Gasteiger partial charge in [-0.2, -0.15) is 9.78 Å². The number of hydrogen-bond acceptors (Lipinski definition) is 3. The molecular formula is C11H13Cl2N3S. The number of nitrogens with zero attached hydrogens (tertiary/aromatic N) is 3. The fourth-order valence-corrected chi connectivity index (χ4v) is 2.89. The molecule has 0 amide bonds. The Morgan fingerprint density at radius 1 is 1.47 bits per heavy atom. The van der Waals surface area contributed by atoms with Gasteiger partial charge in [-0.15, -0.1) is 22.9 Å². The molecule has 0 unspecified atom stereocenters. The summed E-state index contributed by atoms with van der Waals surface area (Å²) in [5.41, 5.74) is 1.88. The minimum Gasteiger partial charge on any atom is -0.227 e. The van der Waals surface area contributed by atoms with E-state index in [9.17, 15) is 0 Å². The van der Waals surface area contributed by atoms with Crippen LogP contribution in [0, 0.1) is 5.92 Å². The van der Waals surface area contributed by atoms with Crippen molar-refractivity contribution in [2.75, 3.05) is 0 Å². The Bertz CT molecular complexity index is 491. The number of hydrogen-bond donors (Lipinski definition) is 0. The molecular weight excluding hydrogens is 277 g/mol. The molecule has 2 aromatic heterocycles. The number of halogens is 2. The monoisotopic (exact) mass is 289 g/mol. The van der Waals surface area contributed by atoms with Crippen LogP contribution in [-0.4, -0.2) is 14.8 Å². The molecule has 2 aromatic rings. The lowest BCUT2D eigenvalue weighted by molar-refractivity contribution is 0.626. The van der Waals surface area contributed by atoms with Crippen molar-refractivity contribution in [2.24, 2.45) is 5.92 Å². The molecule has 0 aliphatic carbocycles. The lowest BCUT2D eigenvalue weighted by Crippen LogP contribution is -1.99. The summed E-state index contributed by atoms with van der Waals surface area (Å²) in [5, 5.41) is 7.76. The molecule has 92 valence electrons. The number of rotatable bonds is 4. The summed E-state index contributed by atoms with van der Waals surface area (Å²) in [6.45, 7) is 4.29. The molecule has 17 heavy (non-hydrogen) atoms. The van der Waals surface area contributed by atoms with Crippen LogP contribution in [0.5, 0.6) is 0 Å². The van der Waals surface area contributed by atoms with Crippen LogP contribution in [0.25, 0.3) is 5.13 Å². The normalized spacial score (nSPS) is 11.4. The topological polar surface area (TPSA) is 30.7 Å². The van der Waals surface area contributed by atoms with Crippen molar-refractivity contribution < 1.29 is 0 Å². The zero-order valence-corrected chi connectivity index (χ0v) is 12.0. The Kier molecular flexibility index (Phi) is 4.07. The van der Waals surface area contributed by atoms with Crippen molar-refractivity contribution in [3.8, 4) is 5.13 Å². The summed E-state index contributed by atoms with van der Waals surface area (Å²) >= 11 is 13.7. The lowest BCUT2D eigenvalue weighted by Gasteiger charge is -2.01. The van der Waals surface area contributed by atoms with Crippen LogP contribution in [-0.2, 0) is 12.3 Å². The zero-order valence-electron chi connectivity index (χ0n) is 9.65. The molecule has 3 nitrogen and oxygen atoms in total. The van der Waals surface area contributed by atoms with E-state index in [1.165, 1.54) is 11.3 Å². The highest BCUT2D eigenvalue weighted by Gasteiger charge is 2.18. The Balaban J connectivity index is 2.45. The predicted molar refractivity (Wildman–Crippen MR) is 72.3 cm³/mol. The first kappa shape index (κ1) is 12.9. The first-order valence-electron chi connectivity index (χ1n) is 5.35. The van der Waals surface area contributed by atoms with Crippen molar-refractivity contribution in [1.29, 1.82) is 0 Å². The van der Waals surface area contributed by atoms with Crippen molar-refractivity contribution >= 4 is 34.5 Å². The highest BCUT2D eigenvalue weighted by atomic mass is 35.5. The largest absolute Gasteiger partial charge is 0.227 e. The van der Waals surface area contributed by atoms with Gasteiger partial charge in [0.05, 0.1) is 11.6 Å². The van der Waals surface area contributed by atoms with E-state index in [0.717, 1.165) is 22.8 Å². The fourth-order valence-electron chi connectivity index (χ4n) is 1.60. The van der Waals surface area contributed by atoms with Crippen molar-refractivity contribution in [3.63, 3.8) is 0 Å². The third-order valence-corrected chi connectivity index (χ3v) is 3.74. The summed E-state index contributed by atoms with van der Waals surface area (Å²) in [4.78, 5) is 4.21. The molecule has 0 aliphatic heterocycles. The van der Waals surface area contributed by atoms with Crippen molar-refractivity contribution in [3.05, 3.63) is 28.0 Å².